The first-order valence-corrected chi connectivity index (χ1v) is 8.15. The third kappa shape index (κ3) is 2.52. The fourth-order valence-electron chi connectivity index (χ4n) is 3.45. The van der Waals surface area contributed by atoms with Gasteiger partial charge in [0.05, 0.1) is 0 Å². The van der Waals surface area contributed by atoms with Crippen molar-refractivity contribution >= 4 is 28.5 Å². The summed E-state index contributed by atoms with van der Waals surface area (Å²) in [6.07, 6.45) is 1.79. The van der Waals surface area contributed by atoms with Crippen LogP contribution in [0.4, 0.5) is 10.5 Å². The molecule has 1 aliphatic heterocycles. The van der Waals surface area contributed by atoms with Crippen molar-refractivity contribution in [1.82, 2.24) is 9.88 Å². The molecule has 0 aliphatic carbocycles. The molecule has 1 fully saturated rings. The molecule has 0 bridgehead atoms. The second-order valence-electron chi connectivity index (χ2n) is 6.05. The van der Waals surface area contributed by atoms with Crippen molar-refractivity contribution in [3.63, 3.8) is 0 Å². The Hall–Kier alpha value is -3.28. The van der Waals surface area contributed by atoms with E-state index in [0.29, 0.717) is 13.1 Å². The first-order valence-electron chi connectivity index (χ1n) is 8.15. The van der Waals surface area contributed by atoms with Gasteiger partial charge in [0.25, 0.3) is 5.91 Å². The van der Waals surface area contributed by atoms with Gasteiger partial charge in [-0.25, -0.2) is 4.79 Å². The molecule has 3 amide bonds. The molecule has 6 heteroatoms. The van der Waals surface area contributed by atoms with Crippen LogP contribution in [-0.2, 0) is 4.79 Å². The zero-order valence-electron chi connectivity index (χ0n) is 13.6. The van der Waals surface area contributed by atoms with Gasteiger partial charge in [0.1, 0.15) is 6.04 Å². The van der Waals surface area contributed by atoms with E-state index < -0.39 is 12.1 Å². The summed E-state index contributed by atoms with van der Waals surface area (Å²) in [7, 11) is 0. The molecule has 1 atom stereocenters. The van der Waals surface area contributed by atoms with E-state index in [1.807, 2.05) is 54.6 Å². The van der Waals surface area contributed by atoms with Gasteiger partial charge in [0, 0.05) is 41.4 Å². The number of piperazine rings is 1. The highest BCUT2D eigenvalue weighted by Crippen LogP contribution is 2.33. The van der Waals surface area contributed by atoms with E-state index in [-0.39, 0.29) is 5.91 Å². The molecule has 1 aliphatic rings. The maximum atomic E-state index is 13.2. The molecule has 1 saturated heterocycles. The van der Waals surface area contributed by atoms with Crippen LogP contribution in [0.15, 0.2) is 60.8 Å². The third-order valence-electron chi connectivity index (χ3n) is 4.64. The Morgan fingerprint density at radius 1 is 1.04 bits per heavy atom. The SMILES string of the molecule is NC(=O)N1CCN(c2ccccc2)C(=O)C1c1c[nH]c2ccccc12. The first kappa shape index (κ1) is 15.3. The number of carbonyl (C=O) groups excluding carboxylic acids is 2. The number of nitrogens with one attached hydrogen (secondary N) is 1. The van der Waals surface area contributed by atoms with E-state index in [4.69, 9.17) is 5.73 Å². The molecular formula is C19H18N4O2. The van der Waals surface area contributed by atoms with Gasteiger partial charge in [-0.2, -0.15) is 0 Å². The molecule has 1 unspecified atom stereocenters. The Morgan fingerprint density at radius 2 is 1.76 bits per heavy atom. The molecule has 2 aromatic carbocycles. The van der Waals surface area contributed by atoms with Crippen LogP contribution in [0.25, 0.3) is 10.9 Å². The molecule has 2 heterocycles. The van der Waals surface area contributed by atoms with E-state index in [1.165, 1.54) is 4.90 Å². The lowest BCUT2D eigenvalue weighted by molar-refractivity contribution is -0.124. The van der Waals surface area contributed by atoms with Gasteiger partial charge in [-0.1, -0.05) is 36.4 Å². The normalized spacial score (nSPS) is 17.9. The number of carbonyl (C=O) groups is 2. The average Bonchev–Trinajstić information content (AvgIpc) is 3.06. The van der Waals surface area contributed by atoms with Crippen LogP contribution < -0.4 is 10.6 Å². The lowest BCUT2D eigenvalue weighted by Gasteiger charge is -2.39. The Labute approximate surface area is 144 Å². The zero-order valence-corrected chi connectivity index (χ0v) is 13.6. The molecule has 3 N–H and O–H groups in total. The van der Waals surface area contributed by atoms with Crippen LogP contribution in [0.1, 0.15) is 11.6 Å². The molecule has 0 spiro atoms. The molecule has 1 aromatic heterocycles. The van der Waals surface area contributed by atoms with Crippen LogP contribution in [0.3, 0.4) is 0 Å². The van der Waals surface area contributed by atoms with E-state index in [2.05, 4.69) is 4.98 Å². The van der Waals surface area contributed by atoms with Crippen molar-refractivity contribution < 1.29 is 9.59 Å². The van der Waals surface area contributed by atoms with Crippen molar-refractivity contribution in [1.29, 1.82) is 0 Å². The Kier molecular flexibility index (Phi) is 3.65. The predicted octanol–water partition coefficient (Wildman–Crippen LogP) is 2.64. The fraction of sp³-hybridized carbons (Fsp3) is 0.158. The summed E-state index contributed by atoms with van der Waals surface area (Å²) in [6.45, 7) is 0.810. The zero-order chi connectivity index (χ0) is 17.4. The second kappa shape index (κ2) is 5.98. The number of urea groups is 1. The van der Waals surface area contributed by atoms with E-state index in [0.717, 1.165) is 22.2 Å². The molecule has 4 rings (SSSR count). The molecule has 0 saturated carbocycles. The number of H-pyrrole nitrogens is 1. The molecular weight excluding hydrogens is 316 g/mol. The number of primary amides is 1. The standard InChI is InChI=1S/C19H18N4O2/c20-19(25)23-11-10-22(13-6-2-1-3-7-13)18(24)17(23)15-12-21-16-9-5-4-8-14(15)16/h1-9,12,17,21H,10-11H2,(H2,20,25). The van der Waals surface area contributed by atoms with Crippen LogP contribution in [0, 0.1) is 0 Å². The first-order chi connectivity index (χ1) is 12.2. The number of nitrogens with zero attached hydrogens (tertiary/aromatic N) is 2. The minimum atomic E-state index is -0.734. The minimum absolute atomic E-state index is 0.152. The number of anilines is 1. The number of aromatic nitrogens is 1. The number of aromatic amines is 1. The highest BCUT2D eigenvalue weighted by Gasteiger charge is 2.39. The molecule has 25 heavy (non-hydrogen) atoms. The topological polar surface area (TPSA) is 82.4 Å². The van der Waals surface area contributed by atoms with Gasteiger partial charge >= 0.3 is 6.03 Å². The van der Waals surface area contributed by atoms with Crippen LogP contribution >= 0.6 is 0 Å². The molecule has 6 nitrogen and oxygen atoms in total. The van der Waals surface area contributed by atoms with E-state index in [1.54, 1.807) is 11.1 Å². The van der Waals surface area contributed by atoms with Crippen molar-refractivity contribution in [2.45, 2.75) is 6.04 Å². The van der Waals surface area contributed by atoms with Crippen molar-refractivity contribution in [2.24, 2.45) is 5.73 Å². The van der Waals surface area contributed by atoms with Crippen LogP contribution in [-0.4, -0.2) is 34.9 Å². The summed E-state index contributed by atoms with van der Waals surface area (Å²) in [4.78, 5) is 31.5. The summed E-state index contributed by atoms with van der Waals surface area (Å²) >= 11 is 0. The Balaban J connectivity index is 1.80. The van der Waals surface area contributed by atoms with Gasteiger partial charge in [-0.3, -0.25) is 4.79 Å². The van der Waals surface area contributed by atoms with Crippen molar-refractivity contribution in [3.8, 4) is 0 Å². The fourth-order valence-corrected chi connectivity index (χ4v) is 3.45. The number of hydrogen-bond donors (Lipinski definition) is 2. The number of hydrogen-bond acceptors (Lipinski definition) is 2. The van der Waals surface area contributed by atoms with Gasteiger partial charge in [-0.15, -0.1) is 0 Å². The van der Waals surface area contributed by atoms with Gasteiger partial charge < -0.3 is 20.5 Å². The van der Waals surface area contributed by atoms with E-state index >= 15 is 0 Å². The summed E-state index contributed by atoms with van der Waals surface area (Å²) in [5.41, 5.74) is 8.07. The average molecular weight is 334 g/mol. The van der Waals surface area contributed by atoms with Crippen LogP contribution in [0.2, 0.25) is 0 Å². The van der Waals surface area contributed by atoms with Crippen molar-refractivity contribution in [3.05, 3.63) is 66.4 Å². The number of benzene rings is 2. The summed E-state index contributed by atoms with van der Waals surface area (Å²) in [6, 6.07) is 15.9. The maximum absolute atomic E-state index is 13.2. The highest BCUT2D eigenvalue weighted by atomic mass is 16.2. The molecule has 3 aromatic rings. The lowest BCUT2D eigenvalue weighted by atomic mass is 10.0. The van der Waals surface area contributed by atoms with Gasteiger partial charge in [0.2, 0.25) is 0 Å². The lowest BCUT2D eigenvalue weighted by Crippen LogP contribution is -2.55. The van der Waals surface area contributed by atoms with Gasteiger partial charge in [-0.05, 0) is 18.2 Å². The van der Waals surface area contributed by atoms with E-state index in [9.17, 15) is 9.59 Å². The third-order valence-corrected chi connectivity index (χ3v) is 4.64. The number of amides is 3. The number of rotatable bonds is 2. The maximum Gasteiger partial charge on any atom is 0.315 e. The number of nitrogens with two attached hydrogens (primary N) is 1. The number of fused-ring (bicyclic) bond motifs is 1. The van der Waals surface area contributed by atoms with Crippen molar-refractivity contribution in [2.75, 3.05) is 18.0 Å². The summed E-state index contributed by atoms with van der Waals surface area (Å²) in [5.74, 6) is -0.152. The summed E-state index contributed by atoms with van der Waals surface area (Å²) in [5, 5.41) is 0.919. The minimum Gasteiger partial charge on any atom is -0.361 e. The Morgan fingerprint density at radius 3 is 2.52 bits per heavy atom. The Bertz CT molecular complexity index is 935. The summed E-state index contributed by atoms with van der Waals surface area (Å²) < 4.78 is 0. The quantitative estimate of drug-likeness (QED) is 0.755. The largest absolute Gasteiger partial charge is 0.361 e. The predicted molar refractivity (Wildman–Crippen MR) is 96.1 cm³/mol. The smallest absolute Gasteiger partial charge is 0.315 e. The monoisotopic (exact) mass is 334 g/mol. The van der Waals surface area contributed by atoms with Gasteiger partial charge in [0.15, 0.2) is 0 Å². The molecule has 126 valence electrons. The second-order valence-corrected chi connectivity index (χ2v) is 6.05. The van der Waals surface area contributed by atoms with Crippen LogP contribution in [0.5, 0.6) is 0 Å². The number of para-hydroxylation sites is 2. The molecule has 0 radical (unpaired) electrons. The highest BCUT2D eigenvalue weighted by molar-refractivity contribution is 6.03.